The van der Waals surface area contributed by atoms with Gasteiger partial charge in [0.05, 0.1) is 0 Å². The molecule has 2 unspecified atom stereocenters. The van der Waals surface area contributed by atoms with Crippen LogP contribution in [0.2, 0.25) is 0 Å². The van der Waals surface area contributed by atoms with Crippen molar-refractivity contribution >= 4 is 0 Å². The van der Waals surface area contributed by atoms with E-state index >= 15 is 0 Å². The maximum absolute atomic E-state index is 2.51. The summed E-state index contributed by atoms with van der Waals surface area (Å²) in [6.45, 7) is 9.52. The molecule has 0 amide bonds. The zero-order chi connectivity index (χ0) is 23.5. The van der Waals surface area contributed by atoms with Crippen molar-refractivity contribution in [3.05, 3.63) is 0 Å². The largest absolute Gasteiger partial charge is 0.0654 e. The standard InChI is InChI=1S/C32H66/c1-5-8-10-12-14-16-17-18-20-22-27-31(4)28-24-25-30-32(26-7-3)29-23-21-19-15-13-11-9-6-2/h31-32H,5-30H2,1-4H3. The Balaban J connectivity index is 3.51. The first-order valence-electron chi connectivity index (χ1n) is 15.7. The van der Waals surface area contributed by atoms with Crippen molar-refractivity contribution in [1.29, 1.82) is 0 Å². The summed E-state index contributed by atoms with van der Waals surface area (Å²) < 4.78 is 0. The van der Waals surface area contributed by atoms with Gasteiger partial charge in [-0.2, -0.15) is 0 Å². The summed E-state index contributed by atoms with van der Waals surface area (Å²) in [6.07, 6.45) is 38.2. The van der Waals surface area contributed by atoms with Crippen molar-refractivity contribution in [3.8, 4) is 0 Å². The van der Waals surface area contributed by atoms with Crippen LogP contribution in [0, 0.1) is 11.8 Å². The van der Waals surface area contributed by atoms with E-state index in [-0.39, 0.29) is 0 Å². The fraction of sp³-hybridized carbons (Fsp3) is 1.00. The molecular formula is C32H66. The molecule has 0 rings (SSSR count). The van der Waals surface area contributed by atoms with Gasteiger partial charge in [0.15, 0.2) is 0 Å². The van der Waals surface area contributed by atoms with Crippen LogP contribution in [0.4, 0.5) is 0 Å². The maximum atomic E-state index is 2.51. The Morgan fingerprint density at radius 1 is 0.312 bits per heavy atom. The number of hydrogen-bond donors (Lipinski definition) is 0. The molecule has 0 heterocycles. The van der Waals surface area contributed by atoms with Crippen molar-refractivity contribution in [2.45, 2.75) is 195 Å². The summed E-state index contributed by atoms with van der Waals surface area (Å²) in [6, 6.07) is 0. The Labute approximate surface area is 206 Å². The van der Waals surface area contributed by atoms with Crippen molar-refractivity contribution in [2.75, 3.05) is 0 Å². The second kappa shape index (κ2) is 27.2. The SMILES string of the molecule is CCCCCCCCCCCCC(C)CCCCC(CCC)CCCCCCCCCC. The number of hydrogen-bond acceptors (Lipinski definition) is 0. The minimum absolute atomic E-state index is 0.960. The van der Waals surface area contributed by atoms with Crippen LogP contribution in [-0.4, -0.2) is 0 Å². The highest BCUT2D eigenvalue weighted by molar-refractivity contribution is 4.62. The molecule has 0 heteroatoms. The van der Waals surface area contributed by atoms with Crippen LogP contribution in [-0.2, 0) is 0 Å². The van der Waals surface area contributed by atoms with E-state index in [1.165, 1.54) is 167 Å². The first-order chi connectivity index (χ1) is 15.7. The van der Waals surface area contributed by atoms with E-state index < -0.39 is 0 Å². The third-order valence-electron chi connectivity index (χ3n) is 7.77. The lowest BCUT2D eigenvalue weighted by Gasteiger charge is -2.17. The Kier molecular flexibility index (Phi) is 27.2. The van der Waals surface area contributed by atoms with Gasteiger partial charge in [0.25, 0.3) is 0 Å². The summed E-state index contributed by atoms with van der Waals surface area (Å²) in [4.78, 5) is 0. The van der Waals surface area contributed by atoms with E-state index in [2.05, 4.69) is 27.7 Å². The van der Waals surface area contributed by atoms with E-state index in [1.54, 1.807) is 0 Å². The number of unbranched alkanes of at least 4 members (excludes halogenated alkanes) is 17. The molecule has 0 aliphatic rings. The van der Waals surface area contributed by atoms with Crippen molar-refractivity contribution in [3.63, 3.8) is 0 Å². The normalized spacial score (nSPS) is 13.5. The fourth-order valence-electron chi connectivity index (χ4n) is 5.46. The molecule has 0 aromatic carbocycles. The molecule has 0 nitrogen and oxygen atoms in total. The van der Waals surface area contributed by atoms with Gasteiger partial charge in [0, 0.05) is 0 Å². The average molecular weight is 451 g/mol. The Morgan fingerprint density at radius 2 is 0.625 bits per heavy atom. The topological polar surface area (TPSA) is 0 Å². The minimum Gasteiger partial charge on any atom is -0.0654 e. The summed E-state index contributed by atoms with van der Waals surface area (Å²) >= 11 is 0. The molecule has 0 aliphatic carbocycles. The van der Waals surface area contributed by atoms with Crippen molar-refractivity contribution < 1.29 is 0 Å². The van der Waals surface area contributed by atoms with Gasteiger partial charge in [-0.15, -0.1) is 0 Å². The lowest BCUT2D eigenvalue weighted by Crippen LogP contribution is -2.02. The summed E-state index contributed by atoms with van der Waals surface area (Å²) in [5.41, 5.74) is 0. The second-order valence-corrected chi connectivity index (χ2v) is 11.3. The molecule has 0 spiro atoms. The monoisotopic (exact) mass is 451 g/mol. The van der Waals surface area contributed by atoms with Gasteiger partial charge in [-0.3, -0.25) is 0 Å². The maximum Gasteiger partial charge on any atom is -0.0414 e. The molecule has 0 aliphatic heterocycles. The quantitative estimate of drug-likeness (QED) is 0.109. The Morgan fingerprint density at radius 3 is 1.03 bits per heavy atom. The Hall–Kier alpha value is 0. The van der Waals surface area contributed by atoms with Gasteiger partial charge in [0.1, 0.15) is 0 Å². The lowest BCUT2D eigenvalue weighted by molar-refractivity contribution is 0.364. The van der Waals surface area contributed by atoms with Gasteiger partial charge < -0.3 is 0 Å². The van der Waals surface area contributed by atoms with Crippen LogP contribution in [0.15, 0.2) is 0 Å². The van der Waals surface area contributed by atoms with E-state index in [1.807, 2.05) is 0 Å². The molecule has 0 fully saturated rings. The van der Waals surface area contributed by atoms with Gasteiger partial charge in [-0.1, -0.05) is 195 Å². The first kappa shape index (κ1) is 32.0. The third kappa shape index (κ3) is 24.6. The molecule has 0 radical (unpaired) electrons. The van der Waals surface area contributed by atoms with E-state index in [4.69, 9.17) is 0 Å². The molecule has 0 N–H and O–H groups in total. The zero-order valence-electron chi connectivity index (χ0n) is 23.5. The molecule has 2 atom stereocenters. The summed E-state index contributed by atoms with van der Waals surface area (Å²) in [7, 11) is 0. The molecule has 0 bridgehead atoms. The van der Waals surface area contributed by atoms with Crippen LogP contribution in [0.1, 0.15) is 195 Å². The van der Waals surface area contributed by atoms with Gasteiger partial charge in [-0.05, 0) is 11.8 Å². The van der Waals surface area contributed by atoms with Gasteiger partial charge in [-0.25, -0.2) is 0 Å². The Bertz CT molecular complexity index is 320. The number of rotatable bonds is 27. The molecule has 0 aromatic rings. The van der Waals surface area contributed by atoms with Crippen LogP contribution in [0.5, 0.6) is 0 Å². The highest BCUT2D eigenvalue weighted by Gasteiger charge is 2.09. The van der Waals surface area contributed by atoms with Crippen LogP contribution in [0.3, 0.4) is 0 Å². The lowest BCUT2D eigenvalue weighted by atomic mass is 9.89. The minimum atomic E-state index is 0.960. The van der Waals surface area contributed by atoms with E-state index in [0.29, 0.717) is 0 Å². The molecular weight excluding hydrogens is 384 g/mol. The molecule has 194 valence electrons. The smallest absolute Gasteiger partial charge is 0.0414 e. The molecule has 0 saturated carbocycles. The van der Waals surface area contributed by atoms with E-state index in [9.17, 15) is 0 Å². The molecule has 0 aromatic heterocycles. The third-order valence-corrected chi connectivity index (χ3v) is 7.77. The van der Waals surface area contributed by atoms with Crippen molar-refractivity contribution in [2.24, 2.45) is 11.8 Å². The first-order valence-corrected chi connectivity index (χ1v) is 15.7. The van der Waals surface area contributed by atoms with Gasteiger partial charge in [0.2, 0.25) is 0 Å². The molecule has 32 heavy (non-hydrogen) atoms. The van der Waals surface area contributed by atoms with E-state index in [0.717, 1.165) is 11.8 Å². The molecule has 0 saturated heterocycles. The fourth-order valence-corrected chi connectivity index (χ4v) is 5.46. The predicted octanol–water partition coefficient (Wildman–Crippen LogP) is 12.4. The zero-order valence-corrected chi connectivity index (χ0v) is 23.5. The summed E-state index contributed by atoms with van der Waals surface area (Å²) in [5.74, 6) is 1.98. The summed E-state index contributed by atoms with van der Waals surface area (Å²) in [5, 5.41) is 0. The average Bonchev–Trinajstić information content (AvgIpc) is 2.79. The second-order valence-electron chi connectivity index (χ2n) is 11.3. The predicted molar refractivity (Wildman–Crippen MR) is 150 cm³/mol. The van der Waals surface area contributed by atoms with Crippen LogP contribution in [0.25, 0.3) is 0 Å². The highest BCUT2D eigenvalue weighted by Crippen LogP contribution is 2.24. The highest BCUT2D eigenvalue weighted by atomic mass is 14.1. The van der Waals surface area contributed by atoms with Crippen LogP contribution >= 0.6 is 0 Å². The van der Waals surface area contributed by atoms with Gasteiger partial charge >= 0.3 is 0 Å². The van der Waals surface area contributed by atoms with Crippen LogP contribution < -0.4 is 0 Å². The van der Waals surface area contributed by atoms with Crippen molar-refractivity contribution in [1.82, 2.24) is 0 Å².